The van der Waals surface area contributed by atoms with Gasteiger partial charge in [0.1, 0.15) is 22.8 Å². The molecule has 1 heterocycles. The van der Waals surface area contributed by atoms with Crippen LogP contribution in [0.5, 0.6) is 5.75 Å². The van der Waals surface area contributed by atoms with E-state index in [1.807, 2.05) is 48.5 Å². The third-order valence-electron chi connectivity index (χ3n) is 4.10. The van der Waals surface area contributed by atoms with Gasteiger partial charge in [-0.05, 0) is 58.0 Å². The van der Waals surface area contributed by atoms with Crippen LogP contribution in [-0.4, -0.2) is 5.04 Å². The standard InChI is InChI=1S/C21H16ClIN2OS/c22-17-9-6-14(7-10-17)13-26-19-11-8-16(12-18(19)23)21-25-24-20(27-21)15-4-2-1-3-5-15/h1-12,21,25H,13H2/t21-/m1/s1. The topological polar surface area (TPSA) is 33.6 Å². The maximum absolute atomic E-state index is 5.96. The molecule has 0 aromatic heterocycles. The molecule has 0 radical (unpaired) electrons. The first kappa shape index (κ1) is 18.7. The van der Waals surface area contributed by atoms with Crippen molar-refractivity contribution in [2.75, 3.05) is 0 Å². The first-order valence-corrected chi connectivity index (χ1v) is 10.7. The molecule has 0 saturated carbocycles. The van der Waals surface area contributed by atoms with Crippen molar-refractivity contribution < 1.29 is 4.74 Å². The van der Waals surface area contributed by atoms with Crippen LogP contribution >= 0.6 is 46.0 Å². The SMILES string of the molecule is Clc1ccc(COc2ccc([C@@H]3NN=C(c4ccccc4)S3)cc2I)cc1. The van der Waals surface area contributed by atoms with Crippen molar-refractivity contribution in [3.8, 4) is 5.75 Å². The molecule has 0 fully saturated rings. The minimum absolute atomic E-state index is 0.110. The molecule has 4 rings (SSSR count). The van der Waals surface area contributed by atoms with Gasteiger partial charge in [0.05, 0.1) is 3.57 Å². The van der Waals surface area contributed by atoms with Crippen LogP contribution in [0.2, 0.25) is 5.02 Å². The second kappa shape index (κ2) is 8.54. The van der Waals surface area contributed by atoms with Crippen molar-refractivity contribution in [1.29, 1.82) is 0 Å². The lowest BCUT2D eigenvalue weighted by molar-refractivity contribution is 0.304. The van der Waals surface area contributed by atoms with Crippen LogP contribution in [0.3, 0.4) is 0 Å². The molecule has 1 aliphatic heterocycles. The molecule has 1 aliphatic rings. The summed E-state index contributed by atoms with van der Waals surface area (Å²) < 4.78 is 7.04. The molecule has 27 heavy (non-hydrogen) atoms. The number of halogens is 2. The molecule has 0 amide bonds. The predicted octanol–water partition coefficient (Wildman–Crippen LogP) is 6.22. The fourth-order valence-corrected chi connectivity index (χ4v) is 4.49. The normalized spacial score (nSPS) is 15.9. The number of hydrogen-bond acceptors (Lipinski definition) is 4. The summed E-state index contributed by atoms with van der Waals surface area (Å²) in [6, 6.07) is 24.2. The van der Waals surface area contributed by atoms with Gasteiger partial charge in [0, 0.05) is 10.6 Å². The Hall–Kier alpha value is -1.70. The quantitative estimate of drug-likeness (QED) is 0.417. The van der Waals surface area contributed by atoms with Gasteiger partial charge in [-0.2, -0.15) is 5.10 Å². The largest absolute Gasteiger partial charge is 0.488 e. The van der Waals surface area contributed by atoms with E-state index in [1.54, 1.807) is 11.8 Å². The fraction of sp³-hybridized carbons (Fsp3) is 0.0952. The highest BCUT2D eigenvalue weighted by molar-refractivity contribution is 14.1. The molecule has 0 spiro atoms. The molecule has 0 aliphatic carbocycles. The zero-order valence-electron chi connectivity index (χ0n) is 14.2. The number of hydrogen-bond donors (Lipinski definition) is 1. The summed E-state index contributed by atoms with van der Waals surface area (Å²) in [5.41, 5.74) is 6.63. The first-order chi connectivity index (χ1) is 13.2. The Labute approximate surface area is 181 Å². The van der Waals surface area contributed by atoms with Crippen molar-refractivity contribution in [3.63, 3.8) is 0 Å². The summed E-state index contributed by atoms with van der Waals surface area (Å²) in [5.74, 6) is 0.876. The van der Waals surface area contributed by atoms with E-state index in [0.29, 0.717) is 6.61 Å². The summed E-state index contributed by atoms with van der Waals surface area (Å²) in [5, 5.41) is 6.34. The summed E-state index contributed by atoms with van der Waals surface area (Å²) >= 11 is 9.97. The van der Waals surface area contributed by atoms with Gasteiger partial charge in [-0.3, -0.25) is 5.43 Å². The van der Waals surface area contributed by atoms with E-state index in [0.717, 1.165) is 30.5 Å². The lowest BCUT2D eigenvalue weighted by Crippen LogP contribution is -2.07. The van der Waals surface area contributed by atoms with Gasteiger partial charge in [-0.25, -0.2) is 0 Å². The van der Waals surface area contributed by atoms with Crippen LogP contribution in [0.1, 0.15) is 22.1 Å². The van der Waals surface area contributed by atoms with Crippen LogP contribution in [0.4, 0.5) is 0 Å². The van der Waals surface area contributed by atoms with Crippen molar-refractivity contribution in [1.82, 2.24) is 5.43 Å². The van der Waals surface area contributed by atoms with Gasteiger partial charge in [0.2, 0.25) is 0 Å². The van der Waals surface area contributed by atoms with Crippen molar-refractivity contribution >= 4 is 51.0 Å². The number of ether oxygens (including phenoxy) is 1. The Morgan fingerprint density at radius 3 is 2.56 bits per heavy atom. The number of thioether (sulfide) groups is 1. The minimum atomic E-state index is 0.110. The number of benzene rings is 3. The molecule has 6 heteroatoms. The number of nitrogens with zero attached hydrogens (tertiary/aromatic N) is 1. The van der Waals surface area contributed by atoms with Crippen molar-refractivity contribution in [2.24, 2.45) is 5.10 Å². The molecular formula is C21H16ClIN2OS. The molecule has 3 aromatic rings. The Kier molecular flexibility index (Phi) is 5.90. The van der Waals surface area contributed by atoms with E-state index >= 15 is 0 Å². The highest BCUT2D eigenvalue weighted by Crippen LogP contribution is 2.36. The van der Waals surface area contributed by atoms with Gasteiger partial charge in [-0.15, -0.1) is 0 Å². The van der Waals surface area contributed by atoms with Gasteiger partial charge in [-0.1, -0.05) is 71.9 Å². The molecule has 0 saturated heterocycles. The van der Waals surface area contributed by atoms with E-state index < -0.39 is 0 Å². The summed E-state index contributed by atoms with van der Waals surface area (Å²) in [7, 11) is 0. The van der Waals surface area contributed by atoms with Gasteiger partial charge in [0.15, 0.2) is 0 Å². The van der Waals surface area contributed by atoms with E-state index in [4.69, 9.17) is 16.3 Å². The smallest absolute Gasteiger partial charge is 0.133 e. The molecule has 0 bridgehead atoms. The zero-order chi connectivity index (χ0) is 18.6. The fourth-order valence-electron chi connectivity index (χ4n) is 2.68. The van der Waals surface area contributed by atoms with Crippen LogP contribution in [0.25, 0.3) is 0 Å². The Balaban J connectivity index is 1.41. The third-order valence-corrected chi connectivity index (χ3v) is 6.36. The highest BCUT2D eigenvalue weighted by Gasteiger charge is 2.22. The number of hydrazone groups is 1. The van der Waals surface area contributed by atoms with Crippen LogP contribution in [-0.2, 0) is 6.61 Å². The summed E-state index contributed by atoms with van der Waals surface area (Å²) in [4.78, 5) is 0. The van der Waals surface area contributed by atoms with E-state index in [9.17, 15) is 0 Å². The molecule has 3 aromatic carbocycles. The highest BCUT2D eigenvalue weighted by atomic mass is 127. The lowest BCUT2D eigenvalue weighted by atomic mass is 10.2. The van der Waals surface area contributed by atoms with Crippen LogP contribution in [0.15, 0.2) is 77.9 Å². The van der Waals surface area contributed by atoms with Crippen molar-refractivity contribution in [2.45, 2.75) is 12.0 Å². The Morgan fingerprint density at radius 2 is 1.81 bits per heavy atom. The molecule has 1 N–H and O–H groups in total. The summed E-state index contributed by atoms with van der Waals surface area (Å²) in [6.45, 7) is 0.518. The third kappa shape index (κ3) is 4.59. The van der Waals surface area contributed by atoms with E-state index in [-0.39, 0.29) is 5.37 Å². The second-order valence-corrected chi connectivity index (χ2v) is 8.71. The lowest BCUT2D eigenvalue weighted by Gasteiger charge is -2.13. The molecule has 1 atom stereocenters. The molecule has 136 valence electrons. The molecule has 3 nitrogen and oxygen atoms in total. The Morgan fingerprint density at radius 1 is 1.04 bits per heavy atom. The van der Waals surface area contributed by atoms with Gasteiger partial charge >= 0.3 is 0 Å². The monoisotopic (exact) mass is 506 g/mol. The van der Waals surface area contributed by atoms with E-state index in [2.05, 4.69) is 57.4 Å². The number of nitrogens with one attached hydrogen (secondary N) is 1. The maximum Gasteiger partial charge on any atom is 0.133 e. The average molecular weight is 507 g/mol. The zero-order valence-corrected chi connectivity index (χ0v) is 18.0. The minimum Gasteiger partial charge on any atom is -0.488 e. The van der Waals surface area contributed by atoms with Crippen molar-refractivity contribution in [3.05, 3.63) is 98.1 Å². The van der Waals surface area contributed by atoms with Crippen LogP contribution < -0.4 is 10.2 Å². The first-order valence-electron chi connectivity index (χ1n) is 8.41. The maximum atomic E-state index is 5.96. The summed E-state index contributed by atoms with van der Waals surface area (Å²) in [6.07, 6.45) is 0. The van der Waals surface area contributed by atoms with Gasteiger partial charge < -0.3 is 4.74 Å². The Bertz CT molecular complexity index is 964. The predicted molar refractivity (Wildman–Crippen MR) is 121 cm³/mol. The number of rotatable bonds is 5. The average Bonchev–Trinajstić information content (AvgIpc) is 3.19. The van der Waals surface area contributed by atoms with E-state index in [1.165, 1.54) is 5.56 Å². The van der Waals surface area contributed by atoms with Gasteiger partial charge in [0.25, 0.3) is 0 Å². The molecular weight excluding hydrogens is 491 g/mol. The molecule has 0 unspecified atom stereocenters. The second-order valence-electron chi connectivity index (χ2n) is 6.01. The van der Waals surface area contributed by atoms with Crippen LogP contribution in [0, 0.1) is 3.57 Å².